The quantitative estimate of drug-likeness (QED) is 0.496. The van der Waals surface area contributed by atoms with Crippen LogP contribution in [0.15, 0.2) is 12.4 Å². The molecule has 10 nitrogen and oxygen atoms in total. The number of unbranched alkanes of at least 4 members (excludes halogenated alkanes) is 2. The molecule has 1 aliphatic heterocycles. The van der Waals surface area contributed by atoms with Gasteiger partial charge in [0, 0.05) is 6.54 Å². The molecule has 2 aromatic heterocycles. The van der Waals surface area contributed by atoms with E-state index in [1.54, 1.807) is 13.0 Å². The van der Waals surface area contributed by atoms with Crippen LogP contribution in [0.4, 0.5) is 5.82 Å². The molecule has 152 valence electrons. The van der Waals surface area contributed by atoms with E-state index in [2.05, 4.69) is 27.2 Å². The Morgan fingerprint density at radius 3 is 2.86 bits per heavy atom. The Morgan fingerprint density at radius 1 is 1.36 bits per heavy atom. The molecule has 28 heavy (non-hydrogen) atoms. The van der Waals surface area contributed by atoms with Crippen molar-refractivity contribution in [3.63, 3.8) is 0 Å². The first-order valence-electron chi connectivity index (χ1n) is 9.43. The van der Waals surface area contributed by atoms with Gasteiger partial charge in [-0.1, -0.05) is 25.8 Å². The predicted molar refractivity (Wildman–Crippen MR) is 103 cm³/mol. The summed E-state index contributed by atoms with van der Waals surface area (Å²) in [7, 11) is 0. The van der Waals surface area contributed by atoms with Gasteiger partial charge in [0.2, 0.25) is 0 Å². The largest absolute Gasteiger partial charge is 0.387 e. The molecule has 3 heterocycles. The van der Waals surface area contributed by atoms with Crippen molar-refractivity contribution >= 4 is 29.0 Å². The first-order chi connectivity index (χ1) is 13.5. The number of amides is 1. The van der Waals surface area contributed by atoms with Crippen LogP contribution in [0.3, 0.4) is 0 Å². The van der Waals surface area contributed by atoms with Crippen molar-refractivity contribution in [1.82, 2.24) is 24.8 Å². The lowest BCUT2D eigenvalue weighted by atomic mass is 10.1. The van der Waals surface area contributed by atoms with E-state index in [1.807, 2.05) is 6.08 Å². The number of aromatic nitrogens is 4. The van der Waals surface area contributed by atoms with Crippen LogP contribution < -0.4 is 11.1 Å². The number of carbonyl (C=O) groups is 1. The van der Waals surface area contributed by atoms with Gasteiger partial charge in [-0.15, -0.1) is 0 Å². The fraction of sp³-hybridized carbons (Fsp3) is 0.556. The number of likely N-dealkylation sites (N-methyl/N-ethyl adjacent to an activating group) is 1. The van der Waals surface area contributed by atoms with Gasteiger partial charge in [0.1, 0.15) is 17.7 Å². The van der Waals surface area contributed by atoms with E-state index < -0.39 is 30.4 Å². The molecular weight excluding hydrogens is 364 g/mol. The lowest BCUT2D eigenvalue weighted by molar-refractivity contribution is -0.137. The van der Waals surface area contributed by atoms with Crippen molar-refractivity contribution in [2.75, 3.05) is 12.3 Å². The summed E-state index contributed by atoms with van der Waals surface area (Å²) < 4.78 is 7.10. The summed E-state index contributed by atoms with van der Waals surface area (Å²) in [5.74, 6) is 0.123. The average molecular weight is 390 g/mol. The van der Waals surface area contributed by atoms with E-state index in [4.69, 9.17) is 10.5 Å². The molecule has 5 N–H and O–H groups in total. The zero-order valence-corrected chi connectivity index (χ0v) is 15.9. The minimum atomic E-state index is -1.37. The number of allylic oxidation sites excluding steroid dienone is 1. The number of carbonyl (C=O) groups excluding carboxylic acids is 1. The second-order valence-corrected chi connectivity index (χ2v) is 6.66. The van der Waals surface area contributed by atoms with Crippen LogP contribution in [-0.4, -0.2) is 60.5 Å². The van der Waals surface area contributed by atoms with Gasteiger partial charge in [0.25, 0.3) is 5.91 Å². The second-order valence-electron chi connectivity index (χ2n) is 6.66. The van der Waals surface area contributed by atoms with Gasteiger partial charge in [-0.05, 0) is 19.4 Å². The fourth-order valence-corrected chi connectivity index (χ4v) is 3.11. The summed E-state index contributed by atoms with van der Waals surface area (Å²) in [6.45, 7) is 4.26. The van der Waals surface area contributed by atoms with E-state index in [0.29, 0.717) is 23.5 Å². The van der Waals surface area contributed by atoms with E-state index >= 15 is 0 Å². The molecule has 0 radical (unpaired) electrons. The maximum absolute atomic E-state index is 12.1. The number of aliphatic hydroxyl groups excluding tert-OH is 2. The highest BCUT2D eigenvalue weighted by molar-refractivity contribution is 5.83. The third-order valence-electron chi connectivity index (χ3n) is 4.58. The standard InChI is InChI=1S/C18H26N6O4/c1-3-5-6-7-8-10-22-15(19)11-16(23-10)24(9-21-11)18-13(26)12(25)14(28-18)17(27)20-4-2/h7-9,12-14,18,25-26H,3-6H2,1-2H3,(H,20,27)(H2,19,22,23)/b8-7+. The van der Waals surface area contributed by atoms with E-state index in [0.717, 1.165) is 19.3 Å². The minimum Gasteiger partial charge on any atom is -0.387 e. The first-order valence-corrected chi connectivity index (χ1v) is 9.43. The Kier molecular flexibility index (Phi) is 6.22. The molecule has 0 aliphatic carbocycles. The number of nitrogens with zero attached hydrogens (tertiary/aromatic N) is 4. The highest BCUT2D eigenvalue weighted by atomic mass is 16.6. The van der Waals surface area contributed by atoms with Crippen LogP contribution in [0.5, 0.6) is 0 Å². The summed E-state index contributed by atoms with van der Waals surface area (Å²) in [6.07, 6.45) is 3.29. The Bertz CT molecular complexity index is 867. The van der Waals surface area contributed by atoms with Crippen LogP contribution in [0.25, 0.3) is 17.2 Å². The molecule has 0 saturated carbocycles. The number of hydrogen-bond acceptors (Lipinski definition) is 8. The molecule has 10 heteroatoms. The molecule has 1 amide bonds. The second kappa shape index (κ2) is 8.63. The smallest absolute Gasteiger partial charge is 0.252 e. The Hall–Kier alpha value is -2.56. The molecular formula is C18H26N6O4. The molecule has 1 fully saturated rings. The van der Waals surface area contributed by atoms with E-state index in [9.17, 15) is 15.0 Å². The Balaban J connectivity index is 1.91. The summed E-state index contributed by atoms with van der Waals surface area (Å²) in [6, 6.07) is 0. The SMILES string of the molecule is CCCC/C=C/c1nc(N)c2ncn(C3OC(C(=O)NCC)C(O)C3O)c2n1. The first kappa shape index (κ1) is 20.2. The van der Waals surface area contributed by atoms with Crippen molar-refractivity contribution < 1.29 is 19.7 Å². The molecule has 1 aliphatic rings. The number of hydrogen-bond donors (Lipinski definition) is 4. The zero-order chi connectivity index (χ0) is 20.3. The number of anilines is 1. The molecule has 4 unspecified atom stereocenters. The number of imidazole rings is 1. The molecule has 0 aromatic carbocycles. The summed E-state index contributed by atoms with van der Waals surface area (Å²) in [5.41, 5.74) is 6.71. The molecule has 3 rings (SSSR count). The number of nitrogen functional groups attached to an aromatic ring is 1. The van der Waals surface area contributed by atoms with Gasteiger partial charge in [-0.2, -0.15) is 0 Å². The summed E-state index contributed by atoms with van der Waals surface area (Å²) in [4.78, 5) is 24.9. The normalized spacial score (nSPS) is 25.0. The summed E-state index contributed by atoms with van der Waals surface area (Å²) in [5, 5.41) is 23.2. The number of nitrogens with one attached hydrogen (secondary N) is 1. The van der Waals surface area contributed by atoms with Crippen molar-refractivity contribution in [1.29, 1.82) is 0 Å². The van der Waals surface area contributed by atoms with Crippen LogP contribution in [0, 0.1) is 0 Å². The zero-order valence-electron chi connectivity index (χ0n) is 15.9. The monoisotopic (exact) mass is 390 g/mol. The number of nitrogens with two attached hydrogens (primary N) is 1. The predicted octanol–water partition coefficient (Wildman–Crippen LogP) is 0.367. The lowest BCUT2D eigenvalue weighted by Gasteiger charge is -2.16. The van der Waals surface area contributed by atoms with Crippen LogP contribution in [0.2, 0.25) is 0 Å². The molecule has 0 bridgehead atoms. The van der Waals surface area contributed by atoms with Crippen molar-refractivity contribution in [2.24, 2.45) is 0 Å². The van der Waals surface area contributed by atoms with Crippen LogP contribution in [0.1, 0.15) is 45.2 Å². The van der Waals surface area contributed by atoms with Gasteiger partial charge in [-0.25, -0.2) is 15.0 Å². The molecule has 0 spiro atoms. The number of fused-ring (bicyclic) bond motifs is 1. The fourth-order valence-electron chi connectivity index (χ4n) is 3.11. The van der Waals surface area contributed by atoms with Crippen LogP contribution in [-0.2, 0) is 9.53 Å². The van der Waals surface area contributed by atoms with Gasteiger partial charge in [-0.3, -0.25) is 9.36 Å². The van der Waals surface area contributed by atoms with Crippen molar-refractivity contribution in [3.05, 3.63) is 18.2 Å². The number of rotatable bonds is 7. The molecule has 1 saturated heterocycles. The number of ether oxygens (including phenoxy) is 1. The highest BCUT2D eigenvalue weighted by Gasteiger charge is 2.47. The lowest BCUT2D eigenvalue weighted by Crippen LogP contribution is -2.42. The van der Waals surface area contributed by atoms with Gasteiger partial charge in [0.05, 0.1) is 6.33 Å². The van der Waals surface area contributed by atoms with Gasteiger partial charge in [0.15, 0.2) is 29.6 Å². The Labute approximate surface area is 162 Å². The maximum atomic E-state index is 12.1. The topological polar surface area (TPSA) is 148 Å². The molecule has 4 atom stereocenters. The highest BCUT2D eigenvalue weighted by Crippen LogP contribution is 2.32. The molecule has 2 aromatic rings. The van der Waals surface area contributed by atoms with Gasteiger partial charge >= 0.3 is 0 Å². The van der Waals surface area contributed by atoms with Crippen molar-refractivity contribution in [2.45, 2.75) is 57.6 Å². The van der Waals surface area contributed by atoms with Gasteiger partial charge < -0.3 is 26.0 Å². The average Bonchev–Trinajstić information content (AvgIpc) is 3.21. The van der Waals surface area contributed by atoms with Crippen LogP contribution >= 0.6 is 0 Å². The number of aliphatic hydroxyl groups is 2. The third kappa shape index (κ3) is 3.84. The van der Waals surface area contributed by atoms with E-state index in [1.165, 1.54) is 10.9 Å². The Morgan fingerprint density at radius 2 is 2.14 bits per heavy atom. The van der Waals surface area contributed by atoms with E-state index in [-0.39, 0.29) is 5.82 Å². The minimum absolute atomic E-state index is 0.201. The maximum Gasteiger partial charge on any atom is 0.252 e. The van der Waals surface area contributed by atoms with Crippen molar-refractivity contribution in [3.8, 4) is 0 Å². The third-order valence-corrected chi connectivity index (χ3v) is 4.58. The summed E-state index contributed by atoms with van der Waals surface area (Å²) >= 11 is 0.